The third kappa shape index (κ3) is 4.49. The number of thioether (sulfide) groups is 1. The summed E-state index contributed by atoms with van der Waals surface area (Å²) in [4.78, 5) is 12.7. The molecule has 2 aromatic carbocycles. The van der Waals surface area contributed by atoms with Crippen molar-refractivity contribution in [2.75, 3.05) is 5.32 Å². The Kier molecular flexibility index (Phi) is 5.88. The van der Waals surface area contributed by atoms with Crippen molar-refractivity contribution in [3.63, 3.8) is 0 Å². The van der Waals surface area contributed by atoms with E-state index in [1.54, 1.807) is 4.57 Å². The van der Waals surface area contributed by atoms with E-state index < -0.39 is 0 Å². The molecule has 3 aromatic rings. The molecule has 3 rings (SSSR count). The molecule has 128 valence electrons. The first kappa shape index (κ1) is 17.7. The van der Waals surface area contributed by atoms with Gasteiger partial charge in [-0.25, -0.2) is 0 Å². The molecule has 1 heterocycles. The van der Waals surface area contributed by atoms with E-state index in [2.05, 4.69) is 31.4 Å². The molecule has 0 atom stereocenters. The molecule has 1 aromatic heterocycles. The van der Waals surface area contributed by atoms with Gasteiger partial charge in [-0.2, -0.15) is 0 Å². The lowest BCUT2D eigenvalue weighted by Gasteiger charge is -2.11. The lowest BCUT2D eigenvalue weighted by molar-refractivity contribution is 0.597. The number of hydrogen-bond acceptors (Lipinski definition) is 5. The smallest absolute Gasteiger partial charge is 0.297 e. The molecule has 0 saturated carbocycles. The van der Waals surface area contributed by atoms with Crippen molar-refractivity contribution in [2.45, 2.75) is 24.4 Å². The number of halogens is 1. The van der Waals surface area contributed by atoms with E-state index >= 15 is 0 Å². The highest BCUT2D eigenvalue weighted by atomic mass is 79.9. The Morgan fingerprint density at radius 1 is 1.08 bits per heavy atom. The van der Waals surface area contributed by atoms with Crippen LogP contribution in [0.1, 0.15) is 12.5 Å². The average Bonchev–Trinajstić information content (AvgIpc) is 2.64. The summed E-state index contributed by atoms with van der Waals surface area (Å²) in [5, 5.41) is 12.0. The Balaban J connectivity index is 1.79. The van der Waals surface area contributed by atoms with Crippen LogP contribution in [-0.4, -0.2) is 14.8 Å². The summed E-state index contributed by atoms with van der Waals surface area (Å²) < 4.78 is 2.68. The molecule has 0 spiro atoms. The zero-order valence-electron chi connectivity index (χ0n) is 13.6. The van der Waals surface area contributed by atoms with Gasteiger partial charge < -0.3 is 5.32 Å². The monoisotopic (exact) mass is 416 g/mol. The van der Waals surface area contributed by atoms with Gasteiger partial charge in [-0.05, 0) is 36.8 Å². The van der Waals surface area contributed by atoms with Crippen LogP contribution in [0.2, 0.25) is 0 Å². The van der Waals surface area contributed by atoms with Gasteiger partial charge >= 0.3 is 0 Å². The molecule has 1 N–H and O–H groups in total. The first-order valence-corrected chi connectivity index (χ1v) is 9.62. The Labute approximate surface area is 158 Å². The van der Waals surface area contributed by atoms with Gasteiger partial charge in [0.15, 0.2) is 5.16 Å². The van der Waals surface area contributed by atoms with Gasteiger partial charge in [-0.1, -0.05) is 58.0 Å². The fraction of sp³-hybridized carbons (Fsp3) is 0.167. The van der Waals surface area contributed by atoms with E-state index in [1.807, 2.05) is 61.5 Å². The highest BCUT2D eigenvalue weighted by Crippen LogP contribution is 2.21. The summed E-state index contributed by atoms with van der Waals surface area (Å²) in [6.07, 6.45) is 0. The van der Waals surface area contributed by atoms with Crippen LogP contribution in [-0.2, 0) is 12.3 Å². The number of aromatic nitrogens is 3. The number of hydrogen-bond donors (Lipinski definition) is 1. The summed E-state index contributed by atoms with van der Waals surface area (Å²) in [6.45, 7) is 2.47. The quantitative estimate of drug-likeness (QED) is 0.601. The first-order valence-electron chi connectivity index (χ1n) is 7.84. The number of nitrogens with zero attached hydrogens (tertiary/aromatic N) is 3. The SMILES string of the molecule is CCn1c(SCc2ccc(Br)cc2)nnc(Nc2ccccc2)c1=O. The van der Waals surface area contributed by atoms with Crippen molar-refractivity contribution in [2.24, 2.45) is 0 Å². The number of nitrogens with one attached hydrogen (secondary N) is 1. The molecule has 0 bridgehead atoms. The van der Waals surface area contributed by atoms with Gasteiger partial charge in [0.1, 0.15) is 0 Å². The van der Waals surface area contributed by atoms with Gasteiger partial charge in [0, 0.05) is 22.5 Å². The van der Waals surface area contributed by atoms with Gasteiger partial charge in [0.25, 0.3) is 5.56 Å². The van der Waals surface area contributed by atoms with Gasteiger partial charge in [-0.15, -0.1) is 10.2 Å². The molecule has 0 unspecified atom stereocenters. The normalized spacial score (nSPS) is 10.6. The Hall–Kier alpha value is -2.12. The molecule has 0 aliphatic carbocycles. The topological polar surface area (TPSA) is 59.8 Å². The number of benzene rings is 2. The van der Waals surface area contributed by atoms with Crippen molar-refractivity contribution >= 4 is 39.2 Å². The first-order chi connectivity index (χ1) is 12.2. The zero-order valence-corrected chi connectivity index (χ0v) is 16.0. The van der Waals surface area contributed by atoms with Gasteiger partial charge in [0.05, 0.1) is 0 Å². The van der Waals surface area contributed by atoms with Crippen LogP contribution in [0, 0.1) is 0 Å². The van der Waals surface area contributed by atoms with Gasteiger partial charge in [0.2, 0.25) is 5.82 Å². The molecule has 0 aliphatic rings. The maximum absolute atomic E-state index is 12.7. The van der Waals surface area contributed by atoms with E-state index in [9.17, 15) is 4.79 Å². The van der Waals surface area contributed by atoms with Crippen LogP contribution in [0.15, 0.2) is 69.0 Å². The molecule has 7 heteroatoms. The lowest BCUT2D eigenvalue weighted by atomic mass is 10.2. The second kappa shape index (κ2) is 8.31. The third-order valence-corrected chi connectivity index (χ3v) is 5.11. The van der Waals surface area contributed by atoms with Crippen molar-refractivity contribution in [3.05, 3.63) is 75.0 Å². The van der Waals surface area contributed by atoms with Crippen molar-refractivity contribution < 1.29 is 0 Å². The third-order valence-electron chi connectivity index (χ3n) is 3.55. The molecule has 5 nitrogen and oxygen atoms in total. The van der Waals surface area contributed by atoms with E-state index in [-0.39, 0.29) is 11.4 Å². The molecule has 25 heavy (non-hydrogen) atoms. The van der Waals surface area contributed by atoms with Crippen LogP contribution >= 0.6 is 27.7 Å². The van der Waals surface area contributed by atoms with E-state index in [0.29, 0.717) is 11.7 Å². The van der Waals surface area contributed by atoms with Crippen molar-refractivity contribution in [3.8, 4) is 0 Å². The summed E-state index contributed by atoms with van der Waals surface area (Å²) >= 11 is 4.93. The molecule has 0 radical (unpaired) electrons. The number of rotatable bonds is 6. The predicted octanol–water partition coefficient (Wildman–Crippen LogP) is 4.46. The largest absolute Gasteiger partial charge is 0.334 e. The molecule has 0 saturated heterocycles. The second-order valence-electron chi connectivity index (χ2n) is 5.29. The van der Waals surface area contributed by atoms with E-state index in [1.165, 1.54) is 11.8 Å². The van der Waals surface area contributed by atoms with Crippen LogP contribution in [0.4, 0.5) is 11.5 Å². The summed E-state index contributed by atoms with van der Waals surface area (Å²) in [6, 6.07) is 17.6. The minimum absolute atomic E-state index is 0.167. The molecular weight excluding hydrogens is 400 g/mol. The highest BCUT2D eigenvalue weighted by molar-refractivity contribution is 9.10. The fourth-order valence-electron chi connectivity index (χ4n) is 2.26. The Morgan fingerprint density at radius 3 is 2.48 bits per heavy atom. The van der Waals surface area contributed by atoms with Crippen LogP contribution in [0.3, 0.4) is 0 Å². The minimum atomic E-state index is -0.167. The second-order valence-corrected chi connectivity index (χ2v) is 7.14. The number of anilines is 2. The standard InChI is InChI=1S/C18H17BrN4OS/c1-2-23-17(24)16(20-15-6-4-3-5-7-15)21-22-18(23)25-12-13-8-10-14(19)11-9-13/h3-11H,2,12H2,1H3,(H,20,21). The average molecular weight is 417 g/mol. The van der Waals surface area contributed by atoms with Crippen molar-refractivity contribution in [1.29, 1.82) is 0 Å². The molecule has 0 aliphatic heterocycles. The van der Waals surface area contributed by atoms with Crippen LogP contribution in [0.25, 0.3) is 0 Å². The van der Waals surface area contributed by atoms with Crippen LogP contribution < -0.4 is 10.9 Å². The maximum Gasteiger partial charge on any atom is 0.297 e. The maximum atomic E-state index is 12.7. The minimum Gasteiger partial charge on any atom is -0.334 e. The van der Waals surface area contributed by atoms with Crippen molar-refractivity contribution in [1.82, 2.24) is 14.8 Å². The zero-order chi connectivity index (χ0) is 17.6. The van der Waals surface area contributed by atoms with E-state index in [4.69, 9.17) is 0 Å². The molecule has 0 amide bonds. The number of para-hydroxylation sites is 1. The lowest BCUT2D eigenvalue weighted by Crippen LogP contribution is -2.26. The highest BCUT2D eigenvalue weighted by Gasteiger charge is 2.12. The molecular formula is C18H17BrN4OS. The predicted molar refractivity (Wildman–Crippen MR) is 105 cm³/mol. The molecule has 0 fully saturated rings. The Morgan fingerprint density at radius 2 is 1.80 bits per heavy atom. The summed E-state index contributed by atoms with van der Waals surface area (Å²) in [7, 11) is 0. The fourth-order valence-corrected chi connectivity index (χ4v) is 3.47. The van der Waals surface area contributed by atoms with Crippen LogP contribution in [0.5, 0.6) is 0 Å². The van der Waals surface area contributed by atoms with Gasteiger partial charge in [-0.3, -0.25) is 9.36 Å². The summed E-state index contributed by atoms with van der Waals surface area (Å²) in [5.74, 6) is 0.966. The summed E-state index contributed by atoms with van der Waals surface area (Å²) in [5.41, 5.74) is 1.81. The Bertz CT molecular complexity index is 897. The van der Waals surface area contributed by atoms with E-state index in [0.717, 1.165) is 21.5 Å².